The molecule has 1 saturated heterocycles. The van der Waals surface area contributed by atoms with Gasteiger partial charge in [0.1, 0.15) is 11.8 Å². The number of rotatable bonds is 6. The molecule has 142 valence electrons. The van der Waals surface area contributed by atoms with Gasteiger partial charge in [-0.05, 0) is 50.0 Å². The number of nitrogens with one attached hydrogen (secondary N) is 1. The van der Waals surface area contributed by atoms with Crippen molar-refractivity contribution in [3.63, 3.8) is 0 Å². The summed E-state index contributed by atoms with van der Waals surface area (Å²) in [6.07, 6.45) is 4.38. The average Bonchev–Trinajstić information content (AvgIpc) is 3.23. The van der Waals surface area contributed by atoms with E-state index in [4.69, 9.17) is 4.52 Å². The molecule has 1 unspecified atom stereocenters. The fraction of sp³-hybridized carbons (Fsp3) is 0.476. The highest BCUT2D eigenvalue weighted by molar-refractivity contribution is 5.97. The second-order valence-electron chi connectivity index (χ2n) is 7.62. The smallest absolute Gasteiger partial charge is 0.248 e. The maximum atomic E-state index is 13.0. The Morgan fingerprint density at radius 2 is 2.04 bits per heavy atom. The zero-order valence-corrected chi connectivity index (χ0v) is 15.6. The lowest BCUT2D eigenvalue weighted by molar-refractivity contribution is -0.137. The molecule has 2 heterocycles. The number of anilines is 1. The van der Waals surface area contributed by atoms with Crippen molar-refractivity contribution in [3.05, 3.63) is 47.7 Å². The van der Waals surface area contributed by atoms with Crippen molar-refractivity contribution in [1.29, 1.82) is 0 Å². The maximum absolute atomic E-state index is 13.0. The summed E-state index contributed by atoms with van der Waals surface area (Å²) in [5.41, 5.74) is 1.23. The summed E-state index contributed by atoms with van der Waals surface area (Å²) < 4.78 is 4.99. The van der Waals surface area contributed by atoms with Gasteiger partial charge < -0.3 is 14.7 Å². The Morgan fingerprint density at radius 1 is 1.26 bits per heavy atom. The van der Waals surface area contributed by atoms with Crippen LogP contribution in [0.5, 0.6) is 0 Å². The van der Waals surface area contributed by atoms with Crippen LogP contribution in [0.15, 0.2) is 40.9 Å². The van der Waals surface area contributed by atoms with Gasteiger partial charge in [0.25, 0.3) is 0 Å². The van der Waals surface area contributed by atoms with E-state index in [1.165, 1.54) is 18.4 Å². The Balaban J connectivity index is 1.43. The summed E-state index contributed by atoms with van der Waals surface area (Å²) >= 11 is 0. The molecule has 0 radical (unpaired) electrons. The molecule has 0 spiro atoms. The molecule has 0 bridgehead atoms. The monoisotopic (exact) mass is 367 g/mol. The van der Waals surface area contributed by atoms with Crippen molar-refractivity contribution in [3.8, 4) is 0 Å². The van der Waals surface area contributed by atoms with Gasteiger partial charge in [-0.3, -0.25) is 9.59 Å². The van der Waals surface area contributed by atoms with Crippen LogP contribution in [0, 0.1) is 12.8 Å². The Kier molecular flexibility index (Phi) is 4.97. The van der Waals surface area contributed by atoms with E-state index in [1.54, 1.807) is 17.9 Å². The van der Waals surface area contributed by atoms with E-state index in [0.29, 0.717) is 36.9 Å². The Labute approximate surface area is 158 Å². The number of carbonyl (C=O) groups is 2. The van der Waals surface area contributed by atoms with Gasteiger partial charge in [-0.25, -0.2) is 0 Å². The first-order valence-corrected chi connectivity index (χ1v) is 9.70. The zero-order chi connectivity index (χ0) is 18.8. The number of nitrogens with zero attached hydrogens (tertiary/aromatic N) is 2. The van der Waals surface area contributed by atoms with Crippen LogP contribution in [0.4, 0.5) is 5.82 Å². The largest absolute Gasteiger partial charge is 0.360 e. The average molecular weight is 367 g/mol. The fourth-order valence-electron chi connectivity index (χ4n) is 4.03. The van der Waals surface area contributed by atoms with E-state index in [2.05, 4.69) is 22.6 Å². The standard InChI is InChI=1S/C21H25N3O3/c1-14-12-19(23-27-14)22-21(26)18-8-5-11-24(18)20(25)13-17(16-9-10-16)15-6-3-2-4-7-15/h2-4,6-7,12,16-18H,5,8-11,13H2,1H3,(H,22,23,26)/t17?,18-/m0/s1. The van der Waals surface area contributed by atoms with Crippen LogP contribution < -0.4 is 5.32 Å². The quantitative estimate of drug-likeness (QED) is 0.848. The first-order chi connectivity index (χ1) is 13.1. The number of amides is 2. The number of benzene rings is 1. The number of aromatic nitrogens is 1. The molecule has 1 N–H and O–H groups in total. The van der Waals surface area contributed by atoms with Crippen molar-refractivity contribution in [2.24, 2.45) is 5.92 Å². The highest BCUT2D eigenvalue weighted by Gasteiger charge is 2.38. The molecule has 1 aromatic heterocycles. The van der Waals surface area contributed by atoms with Crippen LogP contribution in [0.25, 0.3) is 0 Å². The Morgan fingerprint density at radius 3 is 2.70 bits per heavy atom. The number of aryl methyl sites for hydroxylation is 1. The van der Waals surface area contributed by atoms with Crippen molar-refractivity contribution in [2.45, 2.75) is 51.0 Å². The normalized spacial score (nSPS) is 20.5. The number of hydrogen-bond acceptors (Lipinski definition) is 4. The van der Waals surface area contributed by atoms with Crippen molar-refractivity contribution < 1.29 is 14.1 Å². The van der Waals surface area contributed by atoms with Gasteiger partial charge in [-0.1, -0.05) is 35.5 Å². The van der Waals surface area contributed by atoms with Crippen LogP contribution in [0.3, 0.4) is 0 Å². The van der Waals surface area contributed by atoms with Crippen LogP contribution in [-0.4, -0.2) is 34.5 Å². The van der Waals surface area contributed by atoms with E-state index >= 15 is 0 Å². The molecule has 1 aliphatic carbocycles. The molecule has 6 nitrogen and oxygen atoms in total. The Bertz CT molecular complexity index is 813. The molecular formula is C21H25N3O3. The summed E-state index contributed by atoms with van der Waals surface area (Å²) in [5.74, 6) is 1.77. The van der Waals surface area contributed by atoms with Gasteiger partial charge in [0.05, 0.1) is 0 Å². The molecule has 4 rings (SSSR count). The number of likely N-dealkylation sites (tertiary alicyclic amines) is 1. The molecule has 1 aromatic carbocycles. The summed E-state index contributed by atoms with van der Waals surface area (Å²) in [5, 5.41) is 6.58. The summed E-state index contributed by atoms with van der Waals surface area (Å²) in [4.78, 5) is 27.4. The van der Waals surface area contributed by atoms with Gasteiger partial charge in [-0.15, -0.1) is 0 Å². The highest BCUT2D eigenvalue weighted by Crippen LogP contribution is 2.45. The molecule has 2 aliphatic rings. The summed E-state index contributed by atoms with van der Waals surface area (Å²) in [7, 11) is 0. The first kappa shape index (κ1) is 17.8. The van der Waals surface area contributed by atoms with Crippen LogP contribution in [0.2, 0.25) is 0 Å². The fourth-order valence-corrected chi connectivity index (χ4v) is 4.03. The first-order valence-electron chi connectivity index (χ1n) is 9.70. The number of hydrogen-bond donors (Lipinski definition) is 1. The second-order valence-corrected chi connectivity index (χ2v) is 7.62. The van der Waals surface area contributed by atoms with Crippen molar-refractivity contribution >= 4 is 17.6 Å². The SMILES string of the molecule is Cc1cc(NC(=O)[C@@H]2CCCN2C(=O)CC(c2ccccc2)C2CC2)no1. The lowest BCUT2D eigenvalue weighted by Gasteiger charge is -2.26. The van der Waals surface area contributed by atoms with E-state index in [1.807, 2.05) is 18.2 Å². The molecule has 6 heteroatoms. The lowest BCUT2D eigenvalue weighted by Crippen LogP contribution is -2.43. The van der Waals surface area contributed by atoms with Gasteiger partial charge >= 0.3 is 0 Å². The van der Waals surface area contributed by atoms with E-state index in [-0.39, 0.29) is 17.7 Å². The van der Waals surface area contributed by atoms with Gasteiger partial charge in [0, 0.05) is 19.0 Å². The molecule has 1 saturated carbocycles. The topological polar surface area (TPSA) is 75.4 Å². The molecule has 2 fully saturated rings. The molecule has 2 atom stereocenters. The minimum Gasteiger partial charge on any atom is -0.360 e. The molecule has 27 heavy (non-hydrogen) atoms. The lowest BCUT2D eigenvalue weighted by atomic mass is 9.90. The third-order valence-corrected chi connectivity index (χ3v) is 5.57. The Hall–Kier alpha value is -2.63. The number of carbonyl (C=O) groups excluding carboxylic acids is 2. The van der Waals surface area contributed by atoms with E-state index < -0.39 is 6.04 Å². The summed E-state index contributed by atoms with van der Waals surface area (Å²) in [6, 6.07) is 11.5. The van der Waals surface area contributed by atoms with Crippen molar-refractivity contribution in [1.82, 2.24) is 10.1 Å². The minimum atomic E-state index is -0.426. The zero-order valence-electron chi connectivity index (χ0n) is 15.6. The van der Waals surface area contributed by atoms with E-state index in [0.717, 1.165) is 6.42 Å². The maximum Gasteiger partial charge on any atom is 0.248 e. The van der Waals surface area contributed by atoms with Gasteiger partial charge in [-0.2, -0.15) is 0 Å². The van der Waals surface area contributed by atoms with Crippen LogP contribution in [0.1, 0.15) is 49.3 Å². The van der Waals surface area contributed by atoms with Crippen molar-refractivity contribution in [2.75, 3.05) is 11.9 Å². The molecule has 1 aliphatic heterocycles. The predicted octanol–water partition coefficient (Wildman–Crippen LogP) is 3.50. The highest BCUT2D eigenvalue weighted by atomic mass is 16.5. The minimum absolute atomic E-state index is 0.0738. The van der Waals surface area contributed by atoms with Crippen LogP contribution >= 0.6 is 0 Å². The predicted molar refractivity (Wildman–Crippen MR) is 101 cm³/mol. The van der Waals surface area contributed by atoms with Gasteiger partial charge in [0.15, 0.2) is 5.82 Å². The molecular weight excluding hydrogens is 342 g/mol. The van der Waals surface area contributed by atoms with E-state index in [9.17, 15) is 9.59 Å². The second kappa shape index (κ2) is 7.55. The molecule has 2 aromatic rings. The van der Waals surface area contributed by atoms with Crippen LogP contribution in [-0.2, 0) is 9.59 Å². The third kappa shape index (κ3) is 4.04. The molecule has 2 amide bonds. The third-order valence-electron chi connectivity index (χ3n) is 5.57. The van der Waals surface area contributed by atoms with Gasteiger partial charge in [0.2, 0.25) is 11.8 Å². The summed E-state index contributed by atoms with van der Waals surface area (Å²) in [6.45, 7) is 2.41.